The minimum absolute atomic E-state index is 0.125. The van der Waals surface area contributed by atoms with Gasteiger partial charge in [-0.25, -0.2) is 4.79 Å². The third-order valence-electron chi connectivity index (χ3n) is 6.26. The monoisotopic (exact) mass is 494 g/mol. The highest BCUT2D eigenvalue weighted by Gasteiger charge is 2.29. The van der Waals surface area contributed by atoms with Crippen LogP contribution in [0.3, 0.4) is 0 Å². The molecular formula is C26H43N2O5P. The third kappa shape index (κ3) is 10.2. The maximum absolute atomic E-state index is 13.0. The SMILES string of the molecule is CC(C)C(C[PH](=O)OCC(NC(=O)OC(C)(C)C)C1CCCCC1)N(C=O)Cc1ccccc1. The molecule has 0 radical (unpaired) electrons. The van der Waals surface area contributed by atoms with E-state index in [2.05, 4.69) is 5.32 Å². The topological polar surface area (TPSA) is 84.9 Å². The van der Waals surface area contributed by atoms with Crippen molar-refractivity contribution in [1.82, 2.24) is 10.2 Å². The van der Waals surface area contributed by atoms with E-state index in [1.807, 2.05) is 65.0 Å². The summed E-state index contributed by atoms with van der Waals surface area (Å²) in [4.78, 5) is 26.0. The molecule has 192 valence electrons. The van der Waals surface area contributed by atoms with E-state index in [-0.39, 0.29) is 36.7 Å². The summed E-state index contributed by atoms with van der Waals surface area (Å²) >= 11 is 0. The number of carbonyl (C=O) groups is 2. The zero-order valence-electron chi connectivity index (χ0n) is 21.4. The van der Waals surface area contributed by atoms with Gasteiger partial charge in [0.1, 0.15) is 5.60 Å². The van der Waals surface area contributed by atoms with Crippen molar-refractivity contribution in [1.29, 1.82) is 0 Å². The van der Waals surface area contributed by atoms with Gasteiger partial charge in [-0.1, -0.05) is 63.4 Å². The molecule has 1 aromatic carbocycles. The van der Waals surface area contributed by atoms with Crippen molar-refractivity contribution in [2.75, 3.05) is 12.8 Å². The number of rotatable bonds is 12. The average Bonchev–Trinajstić information content (AvgIpc) is 2.78. The van der Waals surface area contributed by atoms with E-state index in [1.165, 1.54) is 6.42 Å². The molecule has 3 unspecified atom stereocenters. The molecule has 0 aliphatic heterocycles. The van der Waals surface area contributed by atoms with Crippen LogP contribution in [-0.2, 0) is 25.2 Å². The number of carbonyl (C=O) groups excluding carboxylic acids is 2. The van der Waals surface area contributed by atoms with Crippen LogP contribution in [0.2, 0.25) is 0 Å². The van der Waals surface area contributed by atoms with Crippen LogP contribution in [0, 0.1) is 11.8 Å². The van der Waals surface area contributed by atoms with Crippen molar-refractivity contribution >= 4 is 20.5 Å². The summed E-state index contributed by atoms with van der Waals surface area (Å²) < 4.78 is 24.3. The Morgan fingerprint density at radius 1 is 1.18 bits per heavy atom. The first-order valence-electron chi connectivity index (χ1n) is 12.5. The molecule has 3 atom stereocenters. The maximum atomic E-state index is 13.0. The molecule has 0 spiro atoms. The van der Waals surface area contributed by atoms with Gasteiger partial charge in [-0.15, -0.1) is 0 Å². The molecule has 1 fully saturated rings. The van der Waals surface area contributed by atoms with Crippen LogP contribution in [0.5, 0.6) is 0 Å². The molecule has 0 aromatic heterocycles. The average molecular weight is 495 g/mol. The first-order valence-corrected chi connectivity index (χ1v) is 14.0. The predicted octanol–water partition coefficient (Wildman–Crippen LogP) is 5.63. The fraction of sp³-hybridized carbons (Fsp3) is 0.692. The van der Waals surface area contributed by atoms with Gasteiger partial charge in [-0.3, -0.25) is 9.36 Å². The number of alkyl carbamates (subject to hydrolysis) is 1. The van der Waals surface area contributed by atoms with Gasteiger partial charge in [0.05, 0.1) is 12.6 Å². The number of amides is 2. The molecule has 0 bridgehead atoms. The molecule has 0 saturated heterocycles. The quantitative estimate of drug-likeness (QED) is 0.300. The summed E-state index contributed by atoms with van der Waals surface area (Å²) in [6.07, 6.45) is 6.11. The molecule has 7 nitrogen and oxygen atoms in total. The minimum Gasteiger partial charge on any atom is -0.444 e. The second kappa shape index (κ2) is 13.9. The first kappa shape index (κ1) is 28.4. The van der Waals surface area contributed by atoms with Crippen LogP contribution in [0.1, 0.15) is 72.3 Å². The second-order valence-electron chi connectivity index (χ2n) is 10.6. The van der Waals surface area contributed by atoms with Crippen molar-refractivity contribution in [2.24, 2.45) is 11.8 Å². The minimum atomic E-state index is -2.42. The van der Waals surface area contributed by atoms with Crippen LogP contribution in [0.25, 0.3) is 0 Å². The first-order chi connectivity index (χ1) is 16.1. The van der Waals surface area contributed by atoms with E-state index in [4.69, 9.17) is 9.26 Å². The summed E-state index contributed by atoms with van der Waals surface area (Å²) in [5, 5.41) is 2.97. The van der Waals surface area contributed by atoms with Crippen LogP contribution in [0.15, 0.2) is 30.3 Å². The molecule has 8 heteroatoms. The lowest BCUT2D eigenvalue weighted by molar-refractivity contribution is -0.121. The molecule has 1 aliphatic carbocycles. The van der Waals surface area contributed by atoms with Gasteiger partial charge in [0.2, 0.25) is 6.41 Å². The van der Waals surface area contributed by atoms with Crippen molar-refractivity contribution in [3.63, 3.8) is 0 Å². The summed E-state index contributed by atoms with van der Waals surface area (Å²) in [6, 6.07) is 9.34. The van der Waals surface area contributed by atoms with Crippen molar-refractivity contribution in [3.05, 3.63) is 35.9 Å². The molecule has 1 saturated carbocycles. The van der Waals surface area contributed by atoms with Gasteiger partial charge >= 0.3 is 6.09 Å². The highest BCUT2D eigenvalue weighted by Crippen LogP contribution is 2.32. The molecule has 34 heavy (non-hydrogen) atoms. The number of nitrogens with one attached hydrogen (secondary N) is 1. The van der Waals surface area contributed by atoms with E-state index in [1.54, 1.807) is 4.90 Å². The van der Waals surface area contributed by atoms with Crippen molar-refractivity contribution < 1.29 is 23.4 Å². The highest BCUT2D eigenvalue weighted by atomic mass is 31.1. The summed E-state index contributed by atoms with van der Waals surface area (Å²) in [5.41, 5.74) is 0.441. The molecule has 1 aliphatic rings. The zero-order chi connectivity index (χ0) is 25.1. The Morgan fingerprint density at radius 2 is 1.82 bits per heavy atom. The maximum Gasteiger partial charge on any atom is 0.407 e. The zero-order valence-corrected chi connectivity index (χ0v) is 22.4. The van der Waals surface area contributed by atoms with E-state index in [0.29, 0.717) is 6.54 Å². The second-order valence-corrected chi connectivity index (χ2v) is 12.1. The lowest BCUT2D eigenvalue weighted by Gasteiger charge is -2.33. The molecule has 1 N–H and O–H groups in total. The fourth-order valence-electron chi connectivity index (χ4n) is 4.47. The fourth-order valence-corrected chi connectivity index (χ4v) is 6.00. The number of ether oxygens (including phenoxy) is 1. The lowest BCUT2D eigenvalue weighted by atomic mass is 9.84. The van der Waals surface area contributed by atoms with Crippen LogP contribution >= 0.6 is 8.03 Å². The van der Waals surface area contributed by atoms with E-state index >= 15 is 0 Å². The number of benzene rings is 1. The molecule has 2 rings (SSSR count). The molecular weight excluding hydrogens is 451 g/mol. The Kier molecular flexibility index (Phi) is 11.6. The van der Waals surface area contributed by atoms with E-state index in [0.717, 1.165) is 37.7 Å². The predicted molar refractivity (Wildman–Crippen MR) is 136 cm³/mol. The summed E-state index contributed by atoms with van der Waals surface area (Å²) in [5.74, 6) is 0.405. The van der Waals surface area contributed by atoms with Crippen molar-refractivity contribution in [3.8, 4) is 0 Å². The van der Waals surface area contributed by atoms with Crippen LogP contribution in [-0.4, -0.2) is 47.9 Å². The Bertz CT molecular complexity index is 775. The Hall–Kier alpha value is -1.85. The Labute approximate surface area is 205 Å². The van der Waals surface area contributed by atoms with Crippen LogP contribution in [0.4, 0.5) is 4.79 Å². The van der Waals surface area contributed by atoms with Gasteiger partial charge < -0.3 is 19.5 Å². The van der Waals surface area contributed by atoms with Gasteiger partial charge in [0, 0.05) is 18.7 Å². The largest absolute Gasteiger partial charge is 0.444 e. The lowest BCUT2D eigenvalue weighted by Crippen LogP contribution is -2.46. The van der Waals surface area contributed by atoms with Gasteiger partial charge in [0.25, 0.3) is 0 Å². The molecule has 1 aromatic rings. The Balaban J connectivity index is 1.99. The number of hydrogen-bond donors (Lipinski definition) is 1. The van der Waals surface area contributed by atoms with E-state index in [9.17, 15) is 14.2 Å². The number of hydrogen-bond acceptors (Lipinski definition) is 5. The van der Waals surface area contributed by atoms with E-state index < -0.39 is 19.7 Å². The highest BCUT2D eigenvalue weighted by molar-refractivity contribution is 7.39. The standard InChI is InChI=1S/C26H43N2O5P/c1-20(2)24(28(19-29)16-21-12-8-6-9-13-21)18-34(31)32-17-23(22-14-10-7-11-15-22)27-25(30)33-26(3,4)5/h6,8-9,12-13,19-20,22-24,34H,7,10-11,14-18H2,1-5H3,(H,27,30). The normalized spacial score (nSPS) is 17.6. The van der Waals surface area contributed by atoms with Crippen LogP contribution < -0.4 is 5.32 Å². The number of nitrogens with zero attached hydrogens (tertiary/aromatic N) is 1. The van der Waals surface area contributed by atoms with Gasteiger partial charge in [0.15, 0.2) is 8.03 Å². The van der Waals surface area contributed by atoms with Gasteiger partial charge in [-0.05, 0) is 51.0 Å². The summed E-state index contributed by atoms with van der Waals surface area (Å²) in [6.45, 7) is 10.2. The van der Waals surface area contributed by atoms with Gasteiger partial charge in [-0.2, -0.15) is 0 Å². The molecule has 2 amide bonds. The summed E-state index contributed by atoms with van der Waals surface area (Å²) in [7, 11) is -2.42. The third-order valence-corrected chi connectivity index (χ3v) is 7.50. The molecule has 0 heterocycles. The van der Waals surface area contributed by atoms with Crippen molar-refractivity contribution in [2.45, 2.75) is 91.0 Å². The smallest absolute Gasteiger partial charge is 0.407 e. The Morgan fingerprint density at radius 3 is 2.38 bits per heavy atom.